The Morgan fingerprint density at radius 1 is 1.40 bits per heavy atom. The molecule has 3 heteroatoms. The van der Waals surface area contributed by atoms with E-state index in [0.717, 1.165) is 6.42 Å². The van der Waals surface area contributed by atoms with E-state index in [9.17, 15) is 4.79 Å². The summed E-state index contributed by atoms with van der Waals surface area (Å²) in [5, 5.41) is 0. The predicted octanol–water partition coefficient (Wildman–Crippen LogP) is 2.90. The highest BCUT2D eigenvalue weighted by Gasteiger charge is 2.12. The lowest BCUT2D eigenvalue weighted by atomic mass is 10.2. The van der Waals surface area contributed by atoms with Crippen molar-refractivity contribution in [1.29, 1.82) is 0 Å². The van der Waals surface area contributed by atoms with Gasteiger partial charge in [0.1, 0.15) is 0 Å². The van der Waals surface area contributed by atoms with Crippen molar-refractivity contribution in [2.45, 2.75) is 6.42 Å². The van der Waals surface area contributed by atoms with Gasteiger partial charge in [-0.1, -0.05) is 24.3 Å². The molecule has 0 saturated heterocycles. The van der Waals surface area contributed by atoms with Gasteiger partial charge < -0.3 is 4.90 Å². The minimum atomic E-state index is -0.0348. The predicted molar refractivity (Wildman–Crippen MR) is 63.0 cm³/mol. The zero-order valence-corrected chi connectivity index (χ0v) is 9.28. The van der Waals surface area contributed by atoms with Gasteiger partial charge in [0.15, 0.2) is 0 Å². The minimum absolute atomic E-state index is 0.0348. The smallest absolute Gasteiger partial charge is 0.254 e. The first kappa shape index (κ1) is 11.8. The number of amides is 1. The van der Waals surface area contributed by atoms with Crippen LogP contribution in [0.15, 0.2) is 43.0 Å². The van der Waals surface area contributed by atoms with Crippen molar-refractivity contribution >= 4 is 17.5 Å². The average Bonchev–Trinajstić information content (AvgIpc) is 2.31. The van der Waals surface area contributed by atoms with Crippen LogP contribution in [0.2, 0.25) is 0 Å². The summed E-state index contributed by atoms with van der Waals surface area (Å²) in [4.78, 5) is 13.5. The first-order chi connectivity index (χ1) is 7.29. The highest BCUT2D eigenvalue weighted by atomic mass is 35.5. The average molecular weight is 224 g/mol. The molecule has 0 radical (unpaired) electrons. The molecular formula is C12H14ClNO. The number of nitrogens with zero attached hydrogens (tertiary/aromatic N) is 1. The van der Waals surface area contributed by atoms with Crippen molar-refractivity contribution < 1.29 is 4.79 Å². The first-order valence-corrected chi connectivity index (χ1v) is 5.34. The SMILES string of the molecule is C=CCCN(CCl)C(=O)c1ccccc1. The number of rotatable bonds is 5. The summed E-state index contributed by atoms with van der Waals surface area (Å²) in [5.74, 6) is -0.0348. The van der Waals surface area contributed by atoms with Crippen molar-refractivity contribution in [3.05, 3.63) is 48.6 Å². The number of benzene rings is 1. The highest BCUT2D eigenvalue weighted by Crippen LogP contribution is 2.06. The van der Waals surface area contributed by atoms with Crippen LogP contribution in [0.4, 0.5) is 0 Å². The molecule has 0 aliphatic heterocycles. The number of carbonyl (C=O) groups is 1. The van der Waals surface area contributed by atoms with Gasteiger partial charge in [-0.05, 0) is 18.6 Å². The van der Waals surface area contributed by atoms with E-state index in [-0.39, 0.29) is 11.9 Å². The van der Waals surface area contributed by atoms with E-state index in [1.54, 1.807) is 23.1 Å². The molecule has 1 aromatic carbocycles. The Bertz CT molecular complexity index is 324. The van der Waals surface area contributed by atoms with E-state index in [0.29, 0.717) is 12.1 Å². The summed E-state index contributed by atoms with van der Waals surface area (Å²) in [6.45, 7) is 4.23. The Balaban J connectivity index is 2.69. The minimum Gasteiger partial charge on any atom is -0.325 e. The Morgan fingerprint density at radius 2 is 2.07 bits per heavy atom. The highest BCUT2D eigenvalue weighted by molar-refractivity contribution is 6.19. The number of alkyl halides is 1. The van der Waals surface area contributed by atoms with Crippen LogP contribution in [0.25, 0.3) is 0 Å². The van der Waals surface area contributed by atoms with Crippen LogP contribution in [0.5, 0.6) is 0 Å². The van der Waals surface area contributed by atoms with Gasteiger partial charge in [-0.3, -0.25) is 4.79 Å². The van der Waals surface area contributed by atoms with Gasteiger partial charge in [0.2, 0.25) is 0 Å². The summed E-state index contributed by atoms with van der Waals surface area (Å²) < 4.78 is 0. The van der Waals surface area contributed by atoms with E-state index >= 15 is 0 Å². The van der Waals surface area contributed by atoms with Gasteiger partial charge in [0.25, 0.3) is 5.91 Å². The summed E-state index contributed by atoms with van der Waals surface area (Å²) >= 11 is 5.72. The Morgan fingerprint density at radius 3 is 2.60 bits per heavy atom. The van der Waals surface area contributed by atoms with Crippen LogP contribution in [-0.2, 0) is 0 Å². The van der Waals surface area contributed by atoms with Gasteiger partial charge in [0, 0.05) is 12.1 Å². The van der Waals surface area contributed by atoms with E-state index in [1.807, 2.05) is 18.2 Å². The second-order valence-corrected chi connectivity index (χ2v) is 3.37. The lowest BCUT2D eigenvalue weighted by molar-refractivity contribution is 0.0786. The lowest BCUT2D eigenvalue weighted by Crippen LogP contribution is -2.30. The molecule has 0 unspecified atom stereocenters. The van der Waals surface area contributed by atoms with Crippen LogP contribution in [-0.4, -0.2) is 23.4 Å². The lowest BCUT2D eigenvalue weighted by Gasteiger charge is -2.18. The molecule has 0 aliphatic rings. The number of hydrogen-bond donors (Lipinski definition) is 0. The third kappa shape index (κ3) is 3.40. The number of halogens is 1. The largest absolute Gasteiger partial charge is 0.325 e. The number of hydrogen-bond acceptors (Lipinski definition) is 1. The van der Waals surface area contributed by atoms with Gasteiger partial charge in [-0.2, -0.15) is 0 Å². The molecule has 0 bridgehead atoms. The maximum absolute atomic E-state index is 11.9. The molecule has 0 atom stereocenters. The van der Waals surface area contributed by atoms with E-state index < -0.39 is 0 Å². The van der Waals surface area contributed by atoms with Crippen molar-refractivity contribution in [2.75, 3.05) is 12.5 Å². The van der Waals surface area contributed by atoms with Crippen molar-refractivity contribution in [2.24, 2.45) is 0 Å². The molecule has 0 fully saturated rings. The van der Waals surface area contributed by atoms with E-state index in [2.05, 4.69) is 6.58 Å². The van der Waals surface area contributed by atoms with Gasteiger partial charge in [-0.15, -0.1) is 18.2 Å². The molecule has 0 spiro atoms. The quantitative estimate of drug-likeness (QED) is 0.427. The van der Waals surface area contributed by atoms with Gasteiger partial charge >= 0.3 is 0 Å². The molecule has 1 rings (SSSR count). The third-order valence-corrected chi connectivity index (χ3v) is 2.34. The van der Waals surface area contributed by atoms with E-state index in [4.69, 9.17) is 11.6 Å². The number of carbonyl (C=O) groups excluding carboxylic acids is 1. The van der Waals surface area contributed by atoms with Crippen molar-refractivity contribution in [3.63, 3.8) is 0 Å². The molecule has 0 saturated carbocycles. The molecule has 1 aromatic rings. The molecule has 0 N–H and O–H groups in total. The van der Waals surface area contributed by atoms with Crippen LogP contribution in [0.1, 0.15) is 16.8 Å². The van der Waals surface area contributed by atoms with E-state index in [1.165, 1.54) is 0 Å². The molecule has 15 heavy (non-hydrogen) atoms. The Kier molecular flexibility index (Phi) is 4.91. The molecule has 0 aliphatic carbocycles. The normalized spacial score (nSPS) is 9.67. The monoisotopic (exact) mass is 223 g/mol. The zero-order valence-electron chi connectivity index (χ0n) is 8.53. The maximum atomic E-state index is 11.9. The molecule has 80 valence electrons. The van der Waals surface area contributed by atoms with Gasteiger partial charge in [0.05, 0.1) is 6.00 Å². The molecule has 0 heterocycles. The molecule has 1 amide bonds. The van der Waals surface area contributed by atoms with Crippen LogP contribution < -0.4 is 0 Å². The first-order valence-electron chi connectivity index (χ1n) is 4.80. The fraction of sp³-hybridized carbons (Fsp3) is 0.250. The molecule has 0 aromatic heterocycles. The molecule has 2 nitrogen and oxygen atoms in total. The molecular weight excluding hydrogens is 210 g/mol. The fourth-order valence-electron chi connectivity index (χ4n) is 1.23. The zero-order chi connectivity index (χ0) is 11.1. The van der Waals surface area contributed by atoms with Crippen molar-refractivity contribution in [1.82, 2.24) is 4.90 Å². The summed E-state index contributed by atoms with van der Waals surface area (Å²) in [6.07, 6.45) is 2.53. The second kappa shape index (κ2) is 6.25. The van der Waals surface area contributed by atoms with Crippen molar-refractivity contribution in [3.8, 4) is 0 Å². The Labute approximate surface area is 95.2 Å². The summed E-state index contributed by atoms with van der Waals surface area (Å²) in [5.41, 5.74) is 0.669. The topological polar surface area (TPSA) is 20.3 Å². The van der Waals surface area contributed by atoms with Crippen LogP contribution in [0.3, 0.4) is 0 Å². The standard InChI is InChI=1S/C12H14ClNO/c1-2-3-9-14(10-13)12(15)11-7-5-4-6-8-11/h2,4-8H,1,3,9-10H2. The third-order valence-electron chi connectivity index (χ3n) is 2.06. The maximum Gasteiger partial charge on any atom is 0.254 e. The summed E-state index contributed by atoms with van der Waals surface area (Å²) in [6, 6.07) is 9.35. The van der Waals surface area contributed by atoms with Gasteiger partial charge in [-0.25, -0.2) is 0 Å². The summed E-state index contributed by atoms with van der Waals surface area (Å²) in [7, 11) is 0. The van der Waals surface area contributed by atoms with Crippen LogP contribution >= 0.6 is 11.6 Å². The Hall–Kier alpha value is -1.28. The second-order valence-electron chi connectivity index (χ2n) is 3.13. The fourth-order valence-corrected chi connectivity index (χ4v) is 1.45. The van der Waals surface area contributed by atoms with Crippen LogP contribution in [0, 0.1) is 0 Å².